The summed E-state index contributed by atoms with van der Waals surface area (Å²) in [5, 5.41) is 17.3. The summed E-state index contributed by atoms with van der Waals surface area (Å²) in [5.74, 6) is -0.716. The van der Waals surface area contributed by atoms with E-state index >= 15 is 0 Å². The van der Waals surface area contributed by atoms with E-state index in [2.05, 4.69) is 10.4 Å². The molecule has 1 amide bonds. The average Bonchev–Trinajstić information content (AvgIpc) is 2.82. The number of benzene rings is 1. The van der Waals surface area contributed by atoms with Crippen molar-refractivity contribution in [3.63, 3.8) is 0 Å². The van der Waals surface area contributed by atoms with E-state index in [0.29, 0.717) is 0 Å². The summed E-state index contributed by atoms with van der Waals surface area (Å²) in [6, 6.07) is 1.54. The van der Waals surface area contributed by atoms with Gasteiger partial charge >= 0.3 is 11.9 Å². The number of aryl methyl sites for hydroxylation is 1. The maximum Gasteiger partial charge on any atom is 0.416 e. The predicted molar refractivity (Wildman–Crippen MR) is 88.2 cm³/mol. The molecule has 0 aliphatic carbocycles. The van der Waals surface area contributed by atoms with Crippen LogP contribution in [0.1, 0.15) is 29.9 Å². The molecular weight excluding hydrogens is 377 g/mol. The van der Waals surface area contributed by atoms with Crippen molar-refractivity contribution in [2.45, 2.75) is 33.0 Å². The van der Waals surface area contributed by atoms with Crippen LogP contribution >= 0.6 is 11.6 Å². The van der Waals surface area contributed by atoms with Crippen molar-refractivity contribution < 1.29 is 22.9 Å². The van der Waals surface area contributed by atoms with Gasteiger partial charge in [0.15, 0.2) is 0 Å². The molecule has 140 valence electrons. The number of amides is 1. The molecule has 2 rings (SSSR count). The summed E-state index contributed by atoms with van der Waals surface area (Å²) in [6.07, 6.45) is -4.59. The molecule has 1 unspecified atom stereocenters. The number of nitro groups is 1. The molecule has 0 fully saturated rings. The van der Waals surface area contributed by atoms with Gasteiger partial charge in [0.1, 0.15) is 17.4 Å². The number of aromatic nitrogens is 2. The van der Waals surface area contributed by atoms with Crippen molar-refractivity contribution >= 4 is 28.9 Å². The summed E-state index contributed by atoms with van der Waals surface area (Å²) < 4.78 is 39.6. The molecule has 0 saturated heterocycles. The second-order valence-electron chi connectivity index (χ2n) is 5.58. The Bertz CT molecular complexity index is 880. The molecule has 1 heterocycles. The quantitative estimate of drug-likeness (QED) is 0.623. The third-order valence-corrected chi connectivity index (χ3v) is 4.10. The minimum atomic E-state index is -4.59. The monoisotopic (exact) mass is 390 g/mol. The van der Waals surface area contributed by atoms with Gasteiger partial charge in [-0.1, -0.05) is 11.6 Å². The third-order valence-electron chi connectivity index (χ3n) is 3.77. The first-order valence-corrected chi connectivity index (χ1v) is 7.69. The van der Waals surface area contributed by atoms with Gasteiger partial charge in [-0.3, -0.25) is 19.6 Å². The number of hydrogen-bond donors (Lipinski definition) is 1. The van der Waals surface area contributed by atoms with E-state index in [1.807, 2.05) is 0 Å². The Morgan fingerprint density at radius 2 is 2.00 bits per heavy atom. The lowest BCUT2D eigenvalue weighted by molar-refractivity contribution is -0.386. The number of carbonyl (C=O) groups is 1. The highest BCUT2D eigenvalue weighted by Gasteiger charge is 2.32. The Balaban J connectivity index is 2.31. The van der Waals surface area contributed by atoms with Crippen LogP contribution in [0.25, 0.3) is 0 Å². The minimum absolute atomic E-state index is 0.0714. The van der Waals surface area contributed by atoms with Crippen LogP contribution in [0, 0.1) is 24.0 Å². The fourth-order valence-corrected chi connectivity index (χ4v) is 2.61. The second kappa shape index (κ2) is 6.94. The lowest BCUT2D eigenvalue weighted by Gasteiger charge is -2.16. The Morgan fingerprint density at radius 1 is 1.38 bits per heavy atom. The maximum atomic E-state index is 12.8. The fraction of sp³-hybridized carbons (Fsp3) is 0.333. The van der Waals surface area contributed by atoms with E-state index in [0.717, 1.165) is 22.9 Å². The zero-order valence-corrected chi connectivity index (χ0v) is 14.6. The van der Waals surface area contributed by atoms with Gasteiger partial charge in [0, 0.05) is 0 Å². The number of hydrogen-bond acceptors (Lipinski definition) is 4. The van der Waals surface area contributed by atoms with Crippen molar-refractivity contribution in [2.24, 2.45) is 0 Å². The first kappa shape index (κ1) is 19.7. The predicted octanol–water partition coefficient (Wildman–Crippen LogP) is 4.28. The molecule has 1 aromatic carbocycles. The summed E-state index contributed by atoms with van der Waals surface area (Å²) in [4.78, 5) is 22.8. The highest BCUT2D eigenvalue weighted by molar-refractivity contribution is 6.33. The molecule has 2 aromatic rings. The van der Waals surface area contributed by atoms with Crippen LogP contribution in [0.15, 0.2) is 18.2 Å². The summed E-state index contributed by atoms with van der Waals surface area (Å²) in [5.41, 5.74) is -1.11. The van der Waals surface area contributed by atoms with E-state index in [9.17, 15) is 28.1 Å². The Morgan fingerprint density at radius 3 is 2.50 bits per heavy atom. The molecule has 0 aliphatic heterocycles. The molecular formula is C15H14ClF3N4O3. The van der Waals surface area contributed by atoms with Crippen LogP contribution in [0.3, 0.4) is 0 Å². The SMILES string of the molecule is Cc1nn(C(C)C(=O)Nc2cc(C(F)(F)F)ccc2Cl)c(C)c1[N+](=O)[O-]. The van der Waals surface area contributed by atoms with Crippen LogP contribution in [0.5, 0.6) is 0 Å². The Labute approximate surface area is 150 Å². The summed E-state index contributed by atoms with van der Waals surface area (Å²) in [7, 11) is 0. The molecule has 0 aliphatic rings. The van der Waals surface area contributed by atoms with E-state index in [-0.39, 0.29) is 27.8 Å². The molecule has 11 heteroatoms. The second-order valence-corrected chi connectivity index (χ2v) is 5.99. The number of anilines is 1. The lowest BCUT2D eigenvalue weighted by Crippen LogP contribution is -2.25. The molecule has 26 heavy (non-hydrogen) atoms. The smallest absolute Gasteiger partial charge is 0.323 e. The van der Waals surface area contributed by atoms with Crippen LogP contribution in [0.4, 0.5) is 24.5 Å². The van der Waals surface area contributed by atoms with E-state index < -0.39 is 28.6 Å². The van der Waals surface area contributed by atoms with E-state index in [1.54, 1.807) is 0 Å². The minimum Gasteiger partial charge on any atom is -0.323 e. The molecule has 0 spiro atoms. The van der Waals surface area contributed by atoms with Gasteiger partial charge in [-0.2, -0.15) is 18.3 Å². The van der Waals surface area contributed by atoms with E-state index in [1.165, 1.54) is 20.8 Å². The number of halogens is 4. The van der Waals surface area contributed by atoms with Gasteiger partial charge in [0.25, 0.3) is 0 Å². The van der Waals surface area contributed by atoms with Crippen molar-refractivity contribution in [1.82, 2.24) is 9.78 Å². The van der Waals surface area contributed by atoms with Crippen molar-refractivity contribution in [3.8, 4) is 0 Å². The molecule has 1 atom stereocenters. The Hall–Kier alpha value is -2.62. The topological polar surface area (TPSA) is 90.1 Å². The molecule has 1 N–H and O–H groups in total. The summed E-state index contributed by atoms with van der Waals surface area (Å²) in [6.45, 7) is 4.27. The van der Waals surface area contributed by atoms with Gasteiger partial charge < -0.3 is 5.32 Å². The molecule has 0 radical (unpaired) electrons. The number of nitrogens with zero attached hydrogens (tertiary/aromatic N) is 3. The zero-order chi connectivity index (χ0) is 19.8. The standard InChI is InChI=1S/C15H14ClF3N4O3/c1-7-13(23(25)26)8(2)22(21-7)9(3)14(24)20-12-6-10(15(17,18)19)4-5-11(12)16/h4-6,9H,1-3H3,(H,20,24). The largest absolute Gasteiger partial charge is 0.416 e. The van der Waals surface area contributed by atoms with Crippen molar-refractivity contribution in [2.75, 3.05) is 5.32 Å². The van der Waals surface area contributed by atoms with Crippen LogP contribution < -0.4 is 5.32 Å². The number of rotatable bonds is 4. The number of alkyl halides is 3. The molecule has 7 nitrogen and oxygen atoms in total. The third kappa shape index (κ3) is 3.79. The number of carbonyl (C=O) groups excluding carboxylic acids is 1. The molecule has 0 bridgehead atoms. The van der Waals surface area contributed by atoms with Crippen LogP contribution in [-0.4, -0.2) is 20.6 Å². The van der Waals surface area contributed by atoms with Gasteiger partial charge in [0.2, 0.25) is 5.91 Å². The van der Waals surface area contributed by atoms with Gasteiger partial charge in [-0.15, -0.1) is 0 Å². The highest BCUT2D eigenvalue weighted by Crippen LogP contribution is 2.34. The summed E-state index contributed by atoms with van der Waals surface area (Å²) >= 11 is 5.85. The molecule has 0 saturated carbocycles. The van der Waals surface area contributed by atoms with E-state index in [4.69, 9.17) is 11.6 Å². The number of nitrogens with one attached hydrogen (secondary N) is 1. The molecule has 1 aromatic heterocycles. The van der Waals surface area contributed by atoms with Crippen molar-refractivity contribution in [3.05, 3.63) is 50.3 Å². The van der Waals surface area contributed by atoms with Crippen molar-refractivity contribution in [1.29, 1.82) is 0 Å². The average molecular weight is 391 g/mol. The normalized spacial score (nSPS) is 12.7. The van der Waals surface area contributed by atoms with Crippen LogP contribution in [-0.2, 0) is 11.0 Å². The van der Waals surface area contributed by atoms with Gasteiger partial charge in [-0.05, 0) is 39.0 Å². The highest BCUT2D eigenvalue weighted by atomic mass is 35.5. The Kier molecular flexibility index (Phi) is 5.26. The zero-order valence-electron chi connectivity index (χ0n) is 13.9. The fourth-order valence-electron chi connectivity index (χ4n) is 2.44. The first-order chi connectivity index (χ1) is 11.9. The van der Waals surface area contributed by atoms with Gasteiger partial charge in [0.05, 0.1) is 21.2 Å². The van der Waals surface area contributed by atoms with Crippen LogP contribution in [0.2, 0.25) is 5.02 Å². The van der Waals surface area contributed by atoms with Gasteiger partial charge in [-0.25, -0.2) is 0 Å². The first-order valence-electron chi connectivity index (χ1n) is 7.31. The lowest BCUT2D eigenvalue weighted by atomic mass is 10.2. The maximum absolute atomic E-state index is 12.8.